The minimum atomic E-state index is 0.191. The van der Waals surface area contributed by atoms with Gasteiger partial charge in [-0.15, -0.1) is 0 Å². The molecule has 0 bridgehead atoms. The monoisotopic (exact) mass is 252 g/mol. The van der Waals surface area contributed by atoms with E-state index in [0.29, 0.717) is 5.75 Å². The lowest BCUT2D eigenvalue weighted by molar-refractivity contribution is 0.293. The zero-order chi connectivity index (χ0) is 13.5. The number of benzene rings is 1. The number of nitrogens with zero attached hydrogens (tertiary/aromatic N) is 2. The van der Waals surface area contributed by atoms with Crippen molar-refractivity contribution in [3.05, 3.63) is 23.8 Å². The minimum Gasteiger partial charge on any atom is -0.504 e. The number of phenolic OH excluding ortho intramolecular Hbond substituents is 1. The molecule has 1 aromatic carbocycles. The van der Waals surface area contributed by atoms with Crippen molar-refractivity contribution >= 4 is 0 Å². The maximum atomic E-state index is 9.53. The van der Waals surface area contributed by atoms with E-state index < -0.39 is 0 Å². The van der Waals surface area contributed by atoms with E-state index in [1.807, 2.05) is 12.1 Å². The van der Waals surface area contributed by atoms with Crippen LogP contribution in [0.15, 0.2) is 18.2 Å². The fourth-order valence-corrected chi connectivity index (χ4v) is 1.87. The molecule has 0 saturated carbocycles. The first kappa shape index (κ1) is 14.8. The van der Waals surface area contributed by atoms with Crippen LogP contribution in [-0.4, -0.2) is 56.2 Å². The molecule has 0 aliphatic heterocycles. The van der Waals surface area contributed by atoms with Gasteiger partial charge in [-0.3, -0.25) is 0 Å². The number of hydrogen-bond acceptors (Lipinski definition) is 4. The summed E-state index contributed by atoms with van der Waals surface area (Å²) in [6.45, 7) is 3.02. The zero-order valence-electron chi connectivity index (χ0n) is 11.8. The van der Waals surface area contributed by atoms with E-state index in [2.05, 4.69) is 30.9 Å². The average molecular weight is 252 g/mol. The molecule has 0 aliphatic carbocycles. The molecule has 18 heavy (non-hydrogen) atoms. The van der Waals surface area contributed by atoms with Gasteiger partial charge in [-0.2, -0.15) is 0 Å². The molecule has 4 nitrogen and oxygen atoms in total. The Morgan fingerprint density at radius 3 is 2.50 bits per heavy atom. The van der Waals surface area contributed by atoms with E-state index in [-0.39, 0.29) is 5.75 Å². The van der Waals surface area contributed by atoms with E-state index >= 15 is 0 Å². The molecule has 0 fully saturated rings. The highest BCUT2D eigenvalue weighted by atomic mass is 16.5. The highest BCUT2D eigenvalue weighted by molar-refractivity contribution is 5.41. The normalized spacial score (nSPS) is 11.2. The smallest absolute Gasteiger partial charge is 0.160 e. The third kappa shape index (κ3) is 4.94. The van der Waals surface area contributed by atoms with Gasteiger partial charge in [-0.25, -0.2) is 0 Å². The average Bonchev–Trinajstić information content (AvgIpc) is 2.31. The first-order valence-corrected chi connectivity index (χ1v) is 6.22. The lowest BCUT2D eigenvalue weighted by atomic mass is 10.2. The molecule has 0 aliphatic rings. The Morgan fingerprint density at radius 2 is 1.89 bits per heavy atom. The molecule has 0 atom stereocenters. The maximum absolute atomic E-state index is 9.53. The molecule has 0 amide bonds. The second kappa shape index (κ2) is 7.24. The van der Waals surface area contributed by atoms with Gasteiger partial charge in [0.05, 0.1) is 7.11 Å². The van der Waals surface area contributed by atoms with Gasteiger partial charge in [0.15, 0.2) is 11.5 Å². The number of aromatic hydroxyl groups is 1. The Balaban J connectivity index is 2.46. The summed E-state index contributed by atoms with van der Waals surface area (Å²) in [6.07, 6.45) is 1.15. The summed E-state index contributed by atoms with van der Waals surface area (Å²) in [6, 6.07) is 5.50. The Morgan fingerprint density at radius 1 is 1.17 bits per heavy atom. The second-order valence-electron chi connectivity index (χ2n) is 4.90. The molecule has 0 unspecified atom stereocenters. The summed E-state index contributed by atoms with van der Waals surface area (Å²) in [4.78, 5) is 4.47. The van der Waals surface area contributed by atoms with Crippen LogP contribution >= 0.6 is 0 Å². The van der Waals surface area contributed by atoms with Crippen LogP contribution in [0.2, 0.25) is 0 Å². The van der Waals surface area contributed by atoms with Gasteiger partial charge in [0.1, 0.15) is 0 Å². The zero-order valence-corrected chi connectivity index (χ0v) is 11.8. The summed E-state index contributed by atoms with van der Waals surface area (Å²) >= 11 is 0. The topological polar surface area (TPSA) is 35.9 Å². The fourth-order valence-electron chi connectivity index (χ4n) is 1.87. The van der Waals surface area contributed by atoms with Gasteiger partial charge in [-0.1, -0.05) is 6.07 Å². The first-order valence-electron chi connectivity index (χ1n) is 6.22. The Kier molecular flexibility index (Phi) is 5.95. The lowest BCUT2D eigenvalue weighted by Crippen LogP contribution is -2.23. The van der Waals surface area contributed by atoms with Crippen LogP contribution in [0.1, 0.15) is 12.0 Å². The van der Waals surface area contributed by atoms with Crippen molar-refractivity contribution in [1.82, 2.24) is 9.80 Å². The Bertz CT molecular complexity index is 367. The van der Waals surface area contributed by atoms with E-state index in [1.54, 1.807) is 13.2 Å². The standard InChI is InChI=1S/C14H24N2O2/c1-15(2)8-5-9-16(3)11-12-6-7-13(17)14(10-12)18-4/h6-7,10,17H,5,8-9,11H2,1-4H3. The Labute approximate surface area is 110 Å². The van der Waals surface area contributed by atoms with Gasteiger partial charge >= 0.3 is 0 Å². The molecule has 0 spiro atoms. The minimum absolute atomic E-state index is 0.191. The van der Waals surface area contributed by atoms with Gasteiger partial charge in [0, 0.05) is 6.54 Å². The van der Waals surface area contributed by atoms with Crippen LogP contribution in [0.5, 0.6) is 11.5 Å². The molecular formula is C14H24N2O2. The van der Waals surface area contributed by atoms with Gasteiger partial charge in [0.2, 0.25) is 0 Å². The van der Waals surface area contributed by atoms with E-state index in [1.165, 1.54) is 0 Å². The largest absolute Gasteiger partial charge is 0.504 e. The van der Waals surface area contributed by atoms with E-state index in [9.17, 15) is 5.11 Å². The van der Waals surface area contributed by atoms with Crippen molar-refractivity contribution in [2.24, 2.45) is 0 Å². The highest BCUT2D eigenvalue weighted by Crippen LogP contribution is 2.26. The quantitative estimate of drug-likeness (QED) is 0.802. The van der Waals surface area contributed by atoms with E-state index in [0.717, 1.165) is 31.6 Å². The van der Waals surface area contributed by atoms with Gasteiger partial charge < -0.3 is 19.6 Å². The number of methoxy groups -OCH3 is 1. The molecule has 0 saturated heterocycles. The summed E-state index contributed by atoms with van der Waals surface area (Å²) in [7, 11) is 7.85. The van der Waals surface area contributed by atoms with Crippen LogP contribution in [0.4, 0.5) is 0 Å². The van der Waals surface area contributed by atoms with Crippen molar-refractivity contribution < 1.29 is 9.84 Å². The fraction of sp³-hybridized carbons (Fsp3) is 0.571. The molecule has 0 aromatic heterocycles. The number of phenols is 1. The number of hydrogen-bond donors (Lipinski definition) is 1. The summed E-state index contributed by atoms with van der Waals surface area (Å²) in [5.41, 5.74) is 1.15. The van der Waals surface area contributed by atoms with Crippen molar-refractivity contribution in [2.75, 3.05) is 41.3 Å². The van der Waals surface area contributed by atoms with Crippen LogP contribution in [0, 0.1) is 0 Å². The summed E-state index contributed by atoms with van der Waals surface area (Å²) < 4.78 is 5.10. The molecule has 4 heteroatoms. The molecule has 0 heterocycles. The molecule has 1 rings (SSSR count). The molecule has 102 valence electrons. The SMILES string of the molecule is COc1cc(CN(C)CCCN(C)C)ccc1O. The van der Waals surface area contributed by atoms with Crippen LogP contribution in [0.3, 0.4) is 0 Å². The molecule has 0 radical (unpaired) electrons. The molecule has 1 N–H and O–H groups in total. The van der Waals surface area contributed by atoms with Gasteiger partial charge in [0.25, 0.3) is 0 Å². The van der Waals surface area contributed by atoms with Crippen molar-refractivity contribution in [1.29, 1.82) is 0 Å². The summed E-state index contributed by atoms with van der Waals surface area (Å²) in [5.74, 6) is 0.728. The van der Waals surface area contributed by atoms with Crippen molar-refractivity contribution in [3.8, 4) is 11.5 Å². The molecular weight excluding hydrogens is 228 g/mol. The molecule has 1 aromatic rings. The highest BCUT2D eigenvalue weighted by Gasteiger charge is 2.05. The van der Waals surface area contributed by atoms with Crippen LogP contribution < -0.4 is 4.74 Å². The number of ether oxygens (including phenoxy) is 1. The predicted octanol–water partition coefficient (Wildman–Crippen LogP) is 1.78. The maximum Gasteiger partial charge on any atom is 0.160 e. The number of rotatable bonds is 7. The van der Waals surface area contributed by atoms with Crippen LogP contribution in [0.25, 0.3) is 0 Å². The predicted molar refractivity (Wildman–Crippen MR) is 74.2 cm³/mol. The van der Waals surface area contributed by atoms with Crippen molar-refractivity contribution in [3.63, 3.8) is 0 Å². The summed E-state index contributed by atoms with van der Waals surface area (Å²) in [5, 5.41) is 9.53. The second-order valence-corrected chi connectivity index (χ2v) is 4.90. The van der Waals surface area contributed by atoms with Gasteiger partial charge in [-0.05, 0) is 58.3 Å². The first-order chi connectivity index (χ1) is 8.52. The lowest BCUT2D eigenvalue weighted by Gasteiger charge is -2.18. The van der Waals surface area contributed by atoms with Crippen LogP contribution in [-0.2, 0) is 6.54 Å². The third-order valence-corrected chi connectivity index (χ3v) is 2.84. The van der Waals surface area contributed by atoms with Crippen molar-refractivity contribution in [2.45, 2.75) is 13.0 Å². The Hall–Kier alpha value is -1.26. The van der Waals surface area contributed by atoms with E-state index in [4.69, 9.17) is 4.74 Å². The third-order valence-electron chi connectivity index (χ3n) is 2.84.